The van der Waals surface area contributed by atoms with Crippen molar-refractivity contribution in [2.75, 3.05) is 46.1 Å². The topological polar surface area (TPSA) is 242 Å². The number of hydrogen-bond acceptors (Lipinski definition) is 15. The second kappa shape index (κ2) is 52.0. The van der Waals surface area contributed by atoms with Crippen LogP contribution in [0.25, 0.3) is 0 Å². The Hall–Kier alpha value is -2.44. The van der Waals surface area contributed by atoms with Crippen LogP contribution in [-0.2, 0) is 66.2 Å². The first-order valence-electron chi connectivity index (χ1n) is 29.5. The molecule has 436 valence electrons. The minimum absolute atomic E-state index is 0. The monoisotopic (exact) mass is 1110 g/mol. The van der Waals surface area contributed by atoms with Crippen LogP contribution in [0.15, 0.2) is 0 Å². The number of imide groups is 1. The molecule has 0 saturated carbocycles. The van der Waals surface area contributed by atoms with Crippen molar-refractivity contribution in [3.63, 3.8) is 0 Å². The van der Waals surface area contributed by atoms with Gasteiger partial charge in [-0.05, 0) is 25.7 Å². The number of nitrogens with one attached hydrogen (secondary N) is 2. The van der Waals surface area contributed by atoms with Gasteiger partial charge in [-0.2, -0.15) is 0 Å². The van der Waals surface area contributed by atoms with Gasteiger partial charge >= 0.3 is 47.5 Å². The Kier molecular flexibility index (Phi) is 50.3. The molecule has 1 fully saturated rings. The number of unbranched alkanes of at least 4 members (excludes halogenated alkanes) is 29. The molecule has 1 aliphatic rings. The van der Waals surface area contributed by atoms with E-state index in [0.29, 0.717) is 37.4 Å². The van der Waals surface area contributed by atoms with Gasteiger partial charge in [0.15, 0.2) is 6.10 Å². The summed E-state index contributed by atoms with van der Waals surface area (Å²) in [5.41, 5.74) is 0. The maximum absolute atomic E-state index is 12.8. The Morgan fingerprint density at radius 2 is 0.868 bits per heavy atom. The second-order valence-electron chi connectivity index (χ2n) is 20.1. The van der Waals surface area contributed by atoms with Crippen molar-refractivity contribution in [3.05, 3.63) is 0 Å². The fraction of sp³-hybridized carbons (Fsp3) is 0.875. The van der Waals surface area contributed by atoms with E-state index in [1.54, 1.807) is 0 Å². The molecule has 1 unspecified atom stereocenters. The molecule has 1 aliphatic heterocycles. The summed E-state index contributed by atoms with van der Waals surface area (Å²) in [5, 5.41) is 5.62. The third-order valence-electron chi connectivity index (χ3n) is 13.1. The van der Waals surface area contributed by atoms with Crippen LogP contribution in [0.1, 0.15) is 264 Å². The Morgan fingerprint density at radius 3 is 1.32 bits per heavy atom. The van der Waals surface area contributed by atoms with Crippen LogP contribution in [0.4, 0.5) is 0 Å². The summed E-state index contributed by atoms with van der Waals surface area (Å²) in [6.45, 7) is 3.55. The SMILES string of the molecule is CCCCCCCCCCCCCCCCCC(=O)OC[C@H](COP(=O)([O-])OCCNC(=O)CCC(=O)NCCOCCCCC(=O)ON1C(=O)CCC1=O)OC(=O)CCCCCCCCCCCCCCCCC.[Na+]. The molecule has 0 aromatic carbocycles. The zero-order valence-corrected chi connectivity index (χ0v) is 50.5. The zero-order chi connectivity index (χ0) is 54.9. The first-order valence-corrected chi connectivity index (χ1v) is 31.0. The number of esters is 2. The number of carbonyl (C=O) groups is 7. The zero-order valence-electron chi connectivity index (χ0n) is 47.6. The van der Waals surface area contributed by atoms with Gasteiger partial charge in [0.05, 0.1) is 19.8 Å². The first-order chi connectivity index (χ1) is 36.4. The molecule has 4 amide bonds. The van der Waals surface area contributed by atoms with Gasteiger partial charge in [-0.3, -0.25) is 33.3 Å². The van der Waals surface area contributed by atoms with E-state index in [4.69, 9.17) is 28.1 Å². The first kappa shape index (κ1) is 73.6. The molecule has 1 saturated heterocycles. The predicted octanol–water partition coefficient (Wildman–Crippen LogP) is 8.28. The number of carbonyl (C=O) groups excluding carboxylic acids is 7. The standard InChI is InChI=1S/C56H102N3O15P.Na/c1-3-5-7-9-11-13-15-17-19-21-23-25-27-29-31-35-54(64)70-47-49(73-55(65)36-32-30-28-26-24-22-20-18-16-14-12-10-8-6-4-2)48-72-75(67,68)71-46-43-58-51(61)39-38-50(60)57-42-45-69-44-34-33-37-56(66)74-59-52(62)40-41-53(59)63;/h49H,3-48H2,1-2H3,(H,57,60)(H,58,61)(H,67,68);/q;+1/p-1/t49-;/m1./s1. The van der Waals surface area contributed by atoms with Crippen molar-refractivity contribution in [2.24, 2.45) is 0 Å². The van der Waals surface area contributed by atoms with E-state index in [1.807, 2.05) is 0 Å². The molecule has 2 atom stereocenters. The van der Waals surface area contributed by atoms with E-state index in [-0.39, 0.29) is 101 Å². The summed E-state index contributed by atoms with van der Waals surface area (Å²) in [6.07, 6.45) is 35.9. The Labute approximate surface area is 479 Å². The van der Waals surface area contributed by atoms with Gasteiger partial charge in [-0.25, -0.2) is 4.79 Å². The van der Waals surface area contributed by atoms with Crippen molar-refractivity contribution < 1.29 is 101 Å². The van der Waals surface area contributed by atoms with E-state index in [1.165, 1.54) is 141 Å². The number of nitrogens with zero attached hydrogens (tertiary/aromatic N) is 1. The smallest absolute Gasteiger partial charge is 0.756 e. The average molecular weight is 1110 g/mol. The number of hydrogen-bond donors (Lipinski definition) is 2. The second-order valence-corrected chi connectivity index (χ2v) is 21.5. The van der Waals surface area contributed by atoms with Crippen molar-refractivity contribution in [3.8, 4) is 0 Å². The largest absolute Gasteiger partial charge is 1.00 e. The molecule has 0 aromatic rings. The summed E-state index contributed by atoms with van der Waals surface area (Å²) in [6, 6.07) is 0. The molecule has 0 aliphatic carbocycles. The van der Waals surface area contributed by atoms with E-state index in [2.05, 4.69) is 24.5 Å². The summed E-state index contributed by atoms with van der Waals surface area (Å²) in [5.74, 6) is -3.65. The van der Waals surface area contributed by atoms with Gasteiger partial charge in [0.25, 0.3) is 19.6 Å². The number of rotatable bonds is 54. The van der Waals surface area contributed by atoms with Crippen molar-refractivity contribution in [1.82, 2.24) is 15.7 Å². The van der Waals surface area contributed by atoms with Gasteiger partial charge in [-0.15, -0.1) is 5.06 Å². The number of ether oxygens (including phenoxy) is 3. The molecule has 2 N–H and O–H groups in total. The molecule has 1 rings (SSSR count). The Balaban J connectivity index is 0.0000562. The normalized spacial score (nSPS) is 13.5. The van der Waals surface area contributed by atoms with E-state index in [9.17, 15) is 43.0 Å². The van der Waals surface area contributed by atoms with Crippen molar-refractivity contribution in [2.45, 2.75) is 270 Å². The molecule has 76 heavy (non-hydrogen) atoms. The quantitative estimate of drug-likeness (QED) is 0.0191. The maximum Gasteiger partial charge on any atom is 1.00 e. The number of hydroxylamine groups is 2. The van der Waals surface area contributed by atoms with Crippen LogP contribution >= 0.6 is 7.82 Å². The molecular formula is C56H101N3NaO15P. The fourth-order valence-corrected chi connectivity index (χ4v) is 9.25. The number of phosphoric acid groups is 1. The third-order valence-corrected chi connectivity index (χ3v) is 14.0. The van der Waals surface area contributed by atoms with Crippen LogP contribution < -0.4 is 45.1 Å². The maximum atomic E-state index is 12.8. The predicted molar refractivity (Wildman–Crippen MR) is 287 cm³/mol. The van der Waals surface area contributed by atoms with Gasteiger partial charge in [0.1, 0.15) is 6.61 Å². The van der Waals surface area contributed by atoms with Crippen LogP contribution in [0, 0.1) is 0 Å². The summed E-state index contributed by atoms with van der Waals surface area (Å²) < 4.78 is 39.0. The number of amides is 4. The van der Waals surface area contributed by atoms with Gasteiger partial charge < -0.3 is 43.6 Å². The van der Waals surface area contributed by atoms with E-state index < -0.39 is 68.7 Å². The van der Waals surface area contributed by atoms with Gasteiger partial charge in [-0.1, -0.05) is 194 Å². The van der Waals surface area contributed by atoms with Crippen LogP contribution in [0.5, 0.6) is 0 Å². The van der Waals surface area contributed by atoms with E-state index >= 15 is 0 Å². The average Bonchev–Trinajstić information content (AvgIpc) is 3.70. The minimum atomic E-state index is -4.92. The van der Waals surface area contributed by atoms with E-state index in [0.717, 1.165) is 38.5 Å². The fourth-order valence-electron chi connectivity index (χ4n) is 8.51. The molecule has 0 spiro atoms. The minimum Gasteiger partial charge on any atom is -0.756 e. The summed E-state index contributed by atoms with van der Waals surface area (Å²) in [4.78, 5) is 102. The van der Waals surface area contributed by atoms with Crippen molar-refractivity contribution >= 4 is 49.4 Å². The third kappa shape index (κ3) is 46.5. The summed E-state index contributed by atoms with van der Waals surface area (Å²) in [7, 11) is -4.92. The van der Waals surface area contributed by atoms with Crippen LogP contribution in [-0.4, -0.2) is 98.8 Å². The Bertz CT molecular complexity index is 1560. The molecule has 0 bridgehead atoms. The molecule has 0 aromatic heterocycles. The molecule has 20 heteroatoms. The van der Waals surface area contributed by atoms with Crippen LogP contribution in [0.2, 0.25) is 0 Å². The van der Waals surface area contributed by atoms with Crippen molar-refractivity contribution in [1.29, 1.82) is 0 Å². The Morgan fingerprint density at radius 1 is 0.487 bits per heavy atom. The molecule has 1 heterocycles. The molecule has 0 radical (unpaired) electrons. The number of phosphoric ester groups is 1. The molecular weight excluding hydrogens is 1010 g/mol. The van der Waals surface area contributed by atoms with Crippen LogP contribution in [0.3, 0.4) is 0 Å². The molecule has 18 nitrogen and oxygen atoms in total. The van der Waals surface area contributed by atoms with Gasteiger partial charge in [0, 0.05) is 64.6 Å². The van der Waals surface area contributed by atoms with Gasteiger partial charge in [0.2, 0.25) is 11.8 Å². The summed E-state index contributed by atoms with van der Waals surface area (Å²) >= 11 is 0.